The molecular formula is C21H21FN6O. The molecule has 3 heterocycles. The summed E-state index contributed by atoms with van der Waals surface area (Å²) in [6.45, 7) is 4.25. The van der Waals surface area contributed by atoms with Gasteiger partial charge in [-0.2, -0.15) is 0 Å². The van der Waals surface area contributed by atoms with E-state index in [1.165, 1.54) is 6.07 Å². The third kappa shape index (κ3) is 3.82. The number of nitrogen functional groups attached to an aromatic ring is 2. The smallest absolute Gasteiger partial charge is 0.165 e. The predicted octanol–water partition coefficient (Wildman–Crippen LogP) is 3.57. The van der Waals surface area contributed by atoms with Crippen LogP contribution in [-0.4, -0.2) is 25.6 Å². The first-order valence-corrected chi connectivity index (χ1v) is 9.19. The maximum absolute atomic E-state index is 13.9. The SMILES string of the molecule is Cc1nc2ccc(-c3cc(N)nc(N)c3)nc2n1CC(C)Oc1ccccc1F. The van der Waals surface area contributed by atoms with Crippen molar-refractivity contribution in [2.24, 2.45) is 0 Å². The van der Waals surface area contributed by atoms with Crippen molar-refractivity contribution >= 4 is 22.8 Å². The Morgan fingerprint density at radius 1 is 1.03 bits per heavy atom. The molecule has 0 aliphatic rings. The summed E-state index contributed by atoms with van der Waals surface area (Å²) >= 11 is 0. The van der Waals surface area contributed by atoms with E-state index in [9.17, 15) is 4.39 Å². The van der Waals surface area contributed by atoms with Crippen molar-refractivity contribution in [1.82, 2.24) is 19.5 Å². The number of ether oxygens (including phenoxy) is 1. The summed E-state index contributed by atoms with van der Waals surface area (Å²) in [7, 11) is 0. The highest BCUT2D eigenvalue weighted by Crippen LogP contribution is 2.25. The Hall–Kier alpha value is -3.68. The van der Waals surface area contributed by atoms with Crippen LogP contribution < -0.4 is 16.2 Å². The summed E-state index contributed by atoms with van der Waals surface area (Å²) in [5.74, 6) is 1.29. The minimum Gasteiger partial charge on any atom is -0.486 e. The Labute approximate surface area is 167 Å². The first-order valence-electron chi connectivity index (χ1n) is 9.19. The monoisotopic (exact) mass is 392 g/mol. The molecule has 148 valence electrons. The van der Waals surface area contributed by atoms with E-state index in [4.69, 9.17) is 21.2 Å². The number of nitrogens with two attached hydrogens (primary N) is 2. The summed E-state index contributed by atoms with van der Waals surface area (Å²) in [6.07, 6.45) is -0.291. The van der Waals surface area contributed by atoms with Gasteiger partial charge < -0.3 is 20.8 Å². The molecule has 0 saturated carbocycles. The van der Waals surface area contributed by atoms with Gasteiger partial charge in [0.1, 0.15) is 29.1 Å². The molecule has 1 unspecified atom stereocenters. The van der Waals surface area contributed by atoms with Crippen LogP contribution in [0.1, 0.15) is 12.7 Å². The largest absolute Gasteiger partial charge is 0.486 e. The summed E-state index contributed by atoms with van der Waals surface area (Å²) in [5, 5.41) is 0. The highest BCUT2D eigenvalue weighted by Gasteiger charge is 2.15. The van der Waals surface area contributed by atoms with Crippen LogP contribution in [0.5, 0.6) is 5.75 Å². The molecule has 0 saturated heterocycles. The third-order valence-electron chi connectivity index (χ3n) is 4.55. The van der Waals surface area contributed by atoms with Crippen LogP contribution in [0.25, 0.3) is 22.4 Å². The van der Waals surface area contributed by atoms with Crippen molar-refractivity contribution < 1.29 is 9.13 Å². The van der Waals surface area contributed by atoms with Crippen molar-refractivity contribution in [2.75, 3.05) is 11.5 Å². The molecule has 1 atom stereocenters. The van der Waals surface area contributed by atoms with Crippen molar-refractivity contribution in [1.29, 1.82) is 0 Å². The summed E-state index contributed by atoms with van der Waals surface area (Å²) in [6, 6.07) is 13.6. The van der Waals surface area contributed by atoms with Gasteiger partial charge in [-0.15, -0.1) is 0 Å². The molecule has 0 radical (unpaired) electrons. The number of nitrogens with zero attached hydrogens (tertiary/aromatic N) is 4. The number of fused-ring (bicyclic) bond motifs is 1. The average molecular weight is 392 g/mol. The number of halogens is 1. The van der Waals surface area contributed by atoms with Gasteiger partial charge in [0.15, 0.2) is 17.2 Å². The van der Waals surface area contributed by atoms with Crippen LogP contribution in [0.15, 0.2) is 48.5 Å². The lowest BCUT2D eigenvalue weighted by molar-refractivity contribution is 0.191. The summed E-state index contributed by atoms with van der Waals surface area (Å²) in [4.78, 5) is 13.3. The number of hydrogen-bond acceptors (Lipinski definition) is 6. The van der Waals surface area contributed by atoms with Gasteiger partial charge in [0.05, 0.1) is 12.2 Å². The Kier molecular flexibility index (Phi) is 4.75. The van der Waals surface area contributed by atoms with Gasteiger partial charge in [0, 0.05) is 5.56 Å². The number of anilines is 2. The quantitative estimate of drug-likeness (QED) is 0.538. The lowest BCUT2D eigenvalue weighted by Crippen LogP contribution is -2.21. The normalized spacial score (nSPS) is 12.2. The molecule has 29 heavy (non-hydrogen) atoms. The second-order valence-corrected chi connectivity index (χ2v) is 6.87. The predicted molar refractivity (Wildman–Crippen MR) is 111 cm³/mol. The minimum atomic E-state index is -0.389. The zero-order valence-corrected chi connectivity index (χ0v) is 16.1. The highest BCUT2D eigenvalue weighted by atomic mass is 19.1. The van der Waals surface area contributed by atoms with E-state index in [1.807, 2.05) is 30.5 Å². The van der Waals surface area contributed by atoms with Gasteiger partial charge in [0.2, 0.25) is 0 Å². The third-order valence-corrected chi connectivity index (χ3v) is 4.55. The maximum atomic E-state index is 13.9. The molecule has 0 aliphatic carbocycles. The van der Waals surface area contributed by atoms with Crippen molar-refractivity contribution in [3.05, 3.63) is 60.2 Å². The van der Waals surface area contributed by atoms with E-state index >= 15 is 0 Å². The number of hydrogen-bond donors (Lipinski definition) is 2. The Balaban J connectivity index is 1.67. The number of benzene rings is 1. The van der Waals surface area contributed by atoms with Crippen LogP contribution in [-0.2, 0) is 6.54 Å². The van der Waals surface area contributed by atoms with E-state index in [1.54, 1.807) is 30.3 Å². The van der Waals surface area contributed by atoms with Crippen LogP contribution >= 0.6 is 0 Å². The number of rotatable bonds is 5. The van der Waals surface area contributed by atoms with Gasteiger partial charge in [0.25, 0.3) is 0 Å². The molecule has 7 nitrogen and oxygen atoms in total. The van der Waals surface area contributed by atoms with E-state index in [2.05, 4.69) is 9.97 Å². The van der Waals surface area contributed by atoms with Crippen molar-refractivity contribution in [2.45, 2.75) is 26.5 Å². The molecule has 8 heteroatoms. The molecular weight excluding hydrogens is 371 g/mol. The summed E-state index contributed by atoms with van der Waals surface area (Å²) < 4.78 is 21.6. The molecule has 4 N–H and O–H groups in total. The molecule has 0 spiro atoms. The Bertz CT molecular complexity index is 1170. The highest BCUT2D eigenvalue weighted by molar-refractivity contribution is 5.77. The first kappa shape index (κ1) is 18.7. The molecule has 4 aromatic rings. The van der Waals surface area contributed by atoms with Crippen LogP contribution in [0.3, 0.4) is 0 Å². The van der Waals surface area contributed by atoms with Gasteiger partial charge in [-0.1, -0.05) is 12.1 Å². The fourth-order valence-electron chi connectivity index (χ4n) is 3.27. The second-order valence-electron chi connectivity index (χ2n) is 6.87. The maximum Gasteiger partial charge on any atom is 0.165 e. The standard InChI is InChI=1S/C21H21FN6O/c1-12(29-18-6-4-3-5-15(18)22)11-28-13(2)25-17-8-7-16(26-21(17)28)14-9-19(23)27-20(24)10-14/h3-10,12H,11H2,1-2H3,(H4,23,24,27). The average Bonchev–Trinajstić information content (AvgIpc) is 2.97. The van der Waals surface area contributed by atoms with Gasteiger partial charge >= 0.3 is 0 Å². The van der Waals surface area contributed by atoms with E-state index < -0.39 is 0 Å². The van der Waals surface area contributed by atoms with Crippen LogP contribution in [0, 0.1) is 12.7 Å². The molecule has 0 aliphatic heterocycles. The number of aromatic nitrogens is 4. The molecule has 3 aromatic heterocycles. The fraction of sp³-hybridized carbons (Fsp3) is 0.190. The molecule has 0 bridgehead atoms. The lowest BCUT2D eigenvalue weighted by atomic mass is 10.1. The Morgan fingerprint density at radius 3 is 2.48 bits per heavy atom. The van der Waals surface area contributed by atoms with E-state index in [0.29, 0.717) is 29.5 Å². The number of para-hydroxylation sites is 1. The molecule has 0 amide bonds. The zero-order chi connectivity index (χ0) is 20.5. The molecule has 1 aromatic carbocycles. The van der Waals surface area contributed by atoms with Crippen molar-refractivity contribution in [3.63, 3.8) is 0 Å². The molecule has 4 rings (SSSR count). The van der Waals surface area contributed by atoms with E-state index in [0.717, 1.165) is 16.9 Å². The minimum absolute atomic E-state index is 0.221. The van der Waals surface area contributed by atoms with Crippen LogP contribution in [0.4, 0.5) is 16.0 Å². The van der Waals surface area contributed by atoms with Gasteiger partial charge in [-0.25, -0.2) is 19.3 Å². The number of imidazole rings is 1. The number of aryl methyl sites for hydroxylation is 1. The van der Waals surface area contributed by atoms with Crippen molar-refractivity contribution in [3.8, 4) is 17.0 Å². The number of pyridine rings is 2. The fourth-order valence-corrected chi connectivity index (χ4v) is 3.27. The first-order chi connectivity index (χ1) is 13.9. The Morgan fingerprint density at radius 2 is 1.76 bits per heavy atom. The van der Waals surface area contributed by atoms with Gasteiger partial charge in [-0.05, 0) is 50.2 Å². The zero-order valence-electron chi connectivity index (χ0n) is 16.1. The van der Waals surface area contributed by atoms with Crippen LogP contribution in [0.2, 0.25) is 0 Å². The van der Waals surface area contributed by atoms with Gasteiger partial charge in [-0.3, -0.25) is 0 Å². The summed E-state index contributed by atoms with van der Waals surface area (Å²) in [5.41, 5.74) is 14.6. The van der Waals surface area contributed by atoms with E-state index in [-0.39, 0.29) is 17.7 Å². The lowest BCUT2D eigenvalue weighted by Gasteiger charge is -2.17. The topological polar surface area (TPSA) is 105 Å². The second kappa shape index (κ2) is 7.38. The molecule has 0 fully saturated rings.